The minimum Gasteiger partial charge on any atom is -0.466 e. The SMILES string of the molecule is [CH2-][NH+]1C[C@@H]2CCCN(C)[C@@H]2C1. The predicted octanol–water partition coefficient (Wildman–Crippen LogP) is -0.613. The van der Waals surface area contributed by atoms with Gasteiger partial charge in [0.1, 0.15) is 0 Å². The third-order valence-corrected chi connectivity index (χ3v) is 3.24. The first-order chi connectivity index (χ1) is 5.27. The zero-order chi connectivity index (χ0) is 7.84. The molecule has 0 aliphatic carbocycles. The molecule has 11 heavy (non-hydrogen) atoms. The van der Waals surface area contributed by atoms with Crippen LogP contribution in [-0.2, 0) is 0 Å². The van der Waals surface area contributed by atoms with Crippen LogP contribution < -0.4 is 4.90 Å². The van der Waals surface area contributed by atoms with Gasteiger partial charge in [-0.1, -0.05) is 0 Å². The molecule has 2 heterocycles. The topological polar surface area (TPSA) is 7.68 Å². The summed E-state index contributed by atoms with van der Waals surface area (Å²) < 4.78 is 0. The summed E-state index contributed by atoms with van der Waals surface area (Å²) in [6.45, 7) is 3.87. The van der Waals surface area contributed by atoms with Gasteiger partial charge in [0, 0.05) is 5.92 Å². The number of piperidine rings is 1. The highest BCUT2D eigenvalue weighted by atomic mass is 15.2. The highest BCUT2D eigenvalue weighted by molar-refractivity contribution is 4.84. The van der Waals surface area contributed by atoms with Crippen LogP contribution in [0.4, 0.5) is 0 Å². The van der Waals surface area contributed by atoms with Crippen molar-refractivity contribution in [1.82, 2.24) is 4.90 Å². The van der Waals surface area contributed by atoms with Crippen LogP contribution in [0.15, 0.2) is 0 Å². The molecular weight excluding hydrogens is 136 g/mol. The fraction of sp³-hybridized carbons (Fsp3) is 0.889. The van der Waals surface area contributed by atoms with E-state index in [1.807, 2.05) is 0 Å². The lowest BCUT2D eigenvalue weighted by atomic mass is 9.93. The summed E-state index contributed by atoms with van der Waals surface area (Å²) >= 11 is 0. The summed E-state index contributed by atoms with van der Waals surface area (Å²) in [5.41, 5.74) is 0. The van der Waals surface area contributed by atoms with Crippen molar-refractivity contribution in [3.8, 4) is 0 Å². The van der Waals surface area contributed by atoms with Gasteiger partial charge in [-0.3, -0.25) is 4.90 Å². The number of hydrogen-bond donors (Lipinski definition) is 1. The van der Waals surface area contributed by atoms with E-state index in [4.69, 9.17) is 0 Å². The quantitative estimate of drug-likeness (QED) is 0.457. The largest absolute Gasteiger partial charge is 0.466 e. The van der Waals surface area contributed by atoms with E-state index in [-0.39, 0.29) is 0 Å². The lowest BCUT2D eigenvalue weighted by Gasteiger charge is -2.31. The summed E-state index contributed by atoms with van der Waals surface area (Å²) in [5.74, 6) is 0.946. The van der Waals surface area contributed by atoms with Crippen LogP contribution in [0.3, 0.4) is 0 Å². The fourth-order valence-corrected chi connectivity index (χ4v) is 2.63. The van der Waals surface area contributed by atoms with Gasteiger partial charge in [0.25, 0.3) is 0 Å². The maximum atomic E-state index is 4.09. The molecule has 0 radical (unpaired) electrons. The van der Waals surface area contributed by atoms with Gasteiger partial charge in [-0.2, -0.15) is 7.05 Å². The van der Waals surface area contributed by atoms with E-state index in [9.17, 15) is 0 Å². The first-order valence-corrected chi connectivity index (χ1v) is 4.64. The van der Waals surface area contributed by atoms with Gasteiger partial charge >= 0.3 is 0 Å². The molecule has 1 unspecified atom stereocenters. The van der Waals surface area contributed by atoms with Crippen molar-refractivity contribution in [2.24, 2.45) is 5.92 Å². The summed E-state index contributed by atoms with van der Waals surface area (Å²) in [6, 6.07) is 0.844. The molecule has 1 N–H and O–H groups in total. The molecule has 2 fully saturated rings. The summed E-state index contributed by atoms with van der Waals surface area (Å²) in [7, 11) is 6.35. The summed E-state index contributed by atoms with van der Waals surface area (Å²) in [5, 5.41) is 0. The van der Waals surface area contributed by atoms with Crippen LogP contribution in [0, 0.1) is 13.0 Å². The van der Waals surface area contributed by atoms with E-state index in [0.717, 1.165) is 12.0 Å². The smallest absolute Gasteiger partial charge is 0.0693 e. The predicted molar refractivity (Wildman–Crippen MR) is 45.2 cm³/mol. The Kier molecular flexibility index (Phi) is 1.90. The van der Waals surface area contributed by atoms with E-state index >= 15 is 0 Å². The maximum Gasteiger partial charge on any atom is 0.0693 e. The van der Waals surface area contributed by atoms with E-state index in [1.165, 1.54) is 37.4 Å². The van der Waals surface area contributed by atoms with Crippen molar-refractivity contribution in [2.45, 2.75) is 18.9 Å². The number of rotatable bonds is 0. The number of nitrogens with one attached hydrogen (secondary N) is 1. The molecule has 0 saturated carbocycles. The van der Waals surface area contributed by atoms with Crippen molar-refractivity contribution in [2.75, 3.05) is 26.7 Å². The van der Waals surface area contributed by atoms with E-state index in [1.54, 1.807) is 0 Å². The molecule has 2 heteroatoms. The minimum atomic E-state index is 0.844. The molecule has 2 aliphatic rings. The molecule has 2 saturated heterocycles. The number of fused-ring (bicyclic) bond motifs is 1. The second-order valence-corrected chi connectivity index (χ2v) is 4.11. The third kappa shape index (κ3) is 1.30. The van der Waals surface area contributed by atoms with Crippen molar-refractivity contribution in [1.29, 1.82) is 0 Å². The summed E-state index contributed by atoms with van der Waals surface area (Å²) in [4.78, 5) is 4.00. The van der Waals surface area contributed by atoms with Crippen LogP contribution in [0.2, 0.25) is 0 Å². The second-order valence-electron chi connectivity index (χ2n) is 4.11. The Bertz CT molecular complexity index is 146. The Labute approximate surface area is 69.2 Å². The third-order valence-electron chi connectivity index (χ3n) is 3.24. The van der Waals surface area contributed by atoms with Crippen molar-refractivity contribution < 1.29 is 4.90 Å². The number of likely N-dealkylation sites (tertiary alicyclic amines) is 2. The second kappa shape index (κ2) is 2.76. The molecule has 2 aliphatic heterocycles. The van der Waals surface area contributed by atoms with E-state index in [0.29, 0.717) is 0 Å². The first-order valence-electron chi connectivity index (χ1n) is 4.64. The van der Waals surface area contributed by atoms with Crippen molar-refractivity contribution in [3.05, 3.63) is 7.05 Å². The molecule has 0 aromatic heterocycles. The first kappa shape index (κ1) is 7.56. The summed E-state index contributed by atoms with van der Waals surface area (Å²) in [6.07, 6.45) is 2.83. The monoisotopic (exact) mass is 154 g/mol. The van der Waals surface area contributed by atoms with Crippen LogP contribution >= 0.6 is 0 Å². The molecule has 2 nitrogen and oxygen atoms in total. The normalized spacial score (nSPS) is 45.8. The number of likely N-dealkylation sites (N-methyl/N-ethyl adjacent to an activating group) is 1. The zero-order valence-electron chi connectivity index (χ0n) is 7.34. The maximum absolute atomic E-state index is 4.09. The van der Waals surface area contributed by atoms with Gasteiger partial charge < -0.3 is 4.90 Å². The Hall–Kier alpha value is -0.0800. The Morgan fingerprint density at radius 1 is 1.45 bits per heavy atom. The Morgan fingerprint density at radius 3 is 3.00 bits per heavy atom. The van der Waals surface area contributed by atoms with Crippen LogP contribution in [0.1, 0.15) is 12.8 Å². The molecule has 2 rings (SSSR count). The Balaban J connectivity index is 2.03. The van der Waals surface area contributed by atoms with Crippen LogP contribution in [0.5, 0.6) is 0 Å². The lowest BCUT2D eigenvalue weighted by Crippen LogP contribution is -3.05. The van der Waals surface area contributed by atoms with E-state index in [2.05, 4.69) is 19.0 Å². The molecule has 0 bridgehead atoms. The standard InChI is InChI=1S/C9H18N2/c1-10-6-8-4-3-5-11(2)9(8)7-10/h8-10H,1,3-7H2,2H3/t8-,9+/m0/s1. The molecule has 3 atom stereocenters. The molecule has 0 amide bonds. The number of quaternary nitrogens is 1. The highest BCUT2D eigenvalue weighted by Gasteiger charge is 2.36. The highest BCUT2D eigenvalue weighted by Crippen LogP contribution is 2.22. The van der Waals surface area contributed by atoms with Crippen LogP contribution in [0.25, 0.3) is 0 Å². The van der Waals surface area contributed by atoms with Gasteiger partial charge in [0.2, 0.25) is 0 Å². The Morgan fingerprint density at radius 2 is 2.27 bits per heavy atom. The molecule has 0 aromatic rings. The molecule has 64 valence electrons. The van der Waals surface area contributed by atoms with Gasteiger partial charge in [0.15, 0.2) is 0 Å². The van der Waals surface area contributed by atoms with Crippen molar-refractivity contribution >= 4 is 0 Å². The molecule has 0 spiro atoms. The van der Waals surface area contributed by atoms with Gasteiger partial charge in [-0.05, 0) is 26.4 Å². The van der Waals surface area contributed by atoms with Gasteiger partial charge in [-0.25, -0.2) is 0 Å². The molecular formula is C9H18N2. The number of hydrogen-bond acceptors (Lipinski definition) is 1. The number of nitrogens with zero attached hydrogens (tertiary/aromatic N) is 1. The van der Waals surface area contributed by atoms with Crippen LogP contribution in [-0.4, -0.2) is 37.6 Å². The average molecular weight is 154 g/mol. The lowest BCUT2D eigenvalue weighted by molar-refractivity contribution is -0.842. The molecule has 0 aromatic carbocycles. The minimum absolute atomic E-state index is 0.844. The van der Waals surface area contributed by atoms with Gasteiger partial charge in [0.05, 0.1) is 19.1 Å². The average Bonchev–Trinajstić information content (AvgIpc) is 2.31. The van der Waals surface area contributed by atoms with E-state index < -0.39 is 0 Å². The zero-order valence-corrected chi connectivity index (χ0v) is 7.34. The fourth-order valence-electron chi connectivity index (χ4n) is 2.63. The van der Waals surface area contributed by atoms with Gasteiger partial charge in [-0.15, -0.1) is 0 Å². The van der Waals surface area contributed by atoms with Crippen molar-refractivity contribution in [3.63, 3.8) is 0 Å².